The zero-order valence-electron chi connectivity index (χ0n) is 30.9. The van der Waals surface area contributed by atoms with Crippen molar-refractivity contribution in [1.29, 1.82) is 0 Å². The molecule has 1 atom stereocenters. The second-order valence-electron chi connectivity index (χ2n) is 16.0. The van der Waals surface area contributed by atoms with E-state index in [1.165, 1.54) is 87.4 Å². The van der Waals surface area contributed by atoms with Gasteiger partial charge in [0.05, 0.1) is 39.2 Å². The fourth-order valence-corrected chi connectivity index (χ4v) is 11.6. The lowest BCUT2D eigenvalue weighted by Gasteiger charge is -2.51. The van der Waals surface area contributed by atoms with Crippen LogP contribution in [0.25, 0.3) is 64.4 Å². The molecule has 0 amide bonds. The molecule has 2 aromatic heterocycles. The SMILES string of the molecule is CC1(C)c2ccccc2N2c3c(cccc31)C1c3c(cc4c(sc5ccccc54)c32)-c2cc(-c3ccccc3)ccc2N1c1cccc2c1oc1ccccc12. The molecule has 0 saturated heterocycles. The summed E-state index contributed by atoms with van der Waals surface area (Å²) in [5.41, 5.74) is 18.0. The summed E-state index contributed by atoms with van der Waals surface area (Å²) in [4.78, 5) is 5.25. The van der Waals surface area contributed by atoms with E-state index < -0.39 is 0 Å². The van der Waals surface area contributed by atoms with Crippen LogP contribution in [0.15, 0.2) is 168 Å². The molecule has 10 aromatic rings. The number of fused-ring (bicyclic) bond motifs is 13. The molecular formula is C52H34N2OS. The molecule has 56 heavy (non-hydrogen) atoms. The molecule has 3 aliphatic rings. The van der Waals surface area contributed by atoms with E-state index in [1.54, 1.807) is 0 Å². The number of furan rings is 1. The van der Waals surface area contributed by atoms with Crippen molar-refractivity contribution < 1.29 is 4.42 Å². The predicted molar refractivity (Wildman–Crippen MR) is 235 cm³/mol. The maximum Gasteiger partial charge on any atom is 0.159 e. The molecule has 264 valence electrons. The van der Waals surface area contributed by atoms with Crippen LogP contribution in [0.5, 0.6) is 0 Å². The standard InChI is InChI=1S/C52H34N2OS/c1-52(2)39-20-8-9-22-42(39)54-47-35(19-12-21-40(47)52)48-46-37(29-38-33-17-7-11-25-45(33)56-51(38)49(46)54)36-28-31(30-14-4-3-5-15-30)26-27-41(36)53(48)43-23-13-18-34-32-16-6-10-24-44(32)55-50(34)43/h3-29,48H,1-2H3. The highest BCUT2D eigenvalue weighted by Gasteiger charge is 2.48. The summed E-state index contributed by atoms with van der Waals surface area (Å²) in [5.74, 6) is 0. The molecule has 5 heterocycles. The number of hydrogen-bond acceptors (Lipinski definition) is 4. The Morgan fingerprint density at radius 3 is 2.18 bits per heavy atom. The third-order valence-corrected chi connectivity index (χ3v) is 14.0. The van der Waals surface area contributed by atoms with Crippen LogP contribution in [0.3, 0.4) is 0 Å². The van der Waals surface area contributed by atoms with E-state index >= 15 is 0 Å². The second-order valence-corrected chi connectivity index (χ2v) is 17.1. The third-order valence-electron chi connectivity index (χ3n) is 12.8. The Hall–Kier alpha value is -6.62. The van der Waals surface area contributed by atoms with Crippen molar-refractivity contribution in [3.63, 3.8) is 0 Å². The van der Waals surface area contributed by atoms with Gasteiger partial charge in [-0.15, -0.1) is 11.3 Å². The Morgan fingerprint density at radius 2 is 1.27 bits per heavy atom. The van der Waals surface area contributed by atoms with Crippen molar-refractivity contribution in [3.8, 4) is 22.3 Å². The quantitative estimate of drug-likeness (QED) is 0.176. The number of anilines is 5. The van der Waals surface area contributed by atoms with Crippen molar-refractivity contribution in [3.05, 3.63) is 186 Å². The van der Waals surface area contributed by atoms with E-state index in [1.807, 2.05) is 11.3 Å². The van der Waals surface area contributed by atoms with Crippen molar-refractivity contribution in [1.82, 2.24) is 0 Å². The highest BCUT2D eigenvalue weighted by atomic mass is 32.1. The highest BCUT2D eigenvalue weighted by molar-refractivity contribution is 7.26. The molecule has 3 aliphatic heterocycles. The molecule has 0 N–H and O–H groups in total. The van der Waals surface area contributed by atoms with E-state index in [9.17, 15) is 0 Å². The molecule has 0 fully saturated rings. The van der Waals surface area contributed by atoms with Crippen LogP contribution in [-0.4, -0.2) is 0 Å². The fourth-order valence-electron chi connectivity index (χ4n) is 10.3. The van der Waals surface area contributed by atoms with Crippen molar-refractivity contribution in [2.45, 2.75) is 25.3 Å². The summed E-state index contributed by atoms with van der Waals surface area (Å²) in [6, 6.07) is 60.5. The monoisotopic (exact) mass is 734 g/mol. The van der Waals surface area contributed by atoms with Gasteiger partial charge in [-0.2, -0.15) is 0 Å². The van der Waals surface area contributed by atoms with Gasteiger partial charge in [0.15, 0.2) is 5.58 Å². The number of para-hydroxylation sites is 4. The van der Waals surface area contributed by atoms with Crippen LogP contribution in [0.1, 0.15) is 42.1 Å². The van der Waals surface area contributed by atoms with Gasteiger partial charge in [-0.1, -0.05) is 135 Å². The van der Waals surface area contributed by atoms with Gasteiger partial charge in [-0.05, 0) is 70.3 Å². The Morgan fingerprint density at radius 1 is 0.536 bits per heavy atom. The lowest BCUT2D eigenvalue weighted by molar-refractivity contribution is 0.625. The first-order valence-corrected chi connectivity index (χ1v) is 20.3. The molecule has 0 aliphatic carbocycles. The zero-order valence-corrected chi connectivity index (χ0v) is 31.7. The van der Waals surface area contributed by atoms with Gasteiger partial charge >= 0.3 is 0 Å². The predicted octanol–water partition coefficient (Wildman–Crippen LogP) is 15.0. The van der Waals surface area contributed by atoms with Crippen molar-refractivity contribution in [2.75, 3.05) is 9.80 Å². The molecule has 0 radical (unpaired) electrons. The average Bonchev–Trinajstić information content (AvgIpc) is 3.82. The van der Waals surface area contributed by atoms with Gasteiger partial charge in [0, 0.05) is 48.4 Å². The first-order valence-electron chi connectivity index (χ1n) is 19.5. The lowest BCUT2D eigenvalue weighted by Crippen LogP contribution is -2.39. The van der Waals surface area contributed by atoms with Gasteiger partial charge in [-0.25, -0.2) is 0 Å². The number of rotatable bonds is 2. The van der Waals surface area contributed by atoms with Crippen LogP contribution in [0.4, 0.5) is 28.4 Å². The lowest BCUT2D eigenvalue weighted by atomic mass is 9.69. The summed E-state index contributed by atoms with van der Waals surface area (Å²) in [6.07, 6.45) is 0. The first kappa shape index (κ1) is 30.7. The summed E-state index contributed by atoms with van der Waals surface area (Å²) < 4.78 is 9.52. The summed E-state index contributed by atoms with van der Waals surface area (Å²) in [7, 11) is 0. The molecule has 0 spiro atoms. The molecule has 0 bridgehead atoms. The summed E-state index contributed by atoms with van der Waals surface area (Å²) in [6.45, 7) is 4.79. The van der Waals surface area contributed by atoms with Gasteiger partial charge in [0.2, 0.25) is 0 Å². The normalized spacial score (nSPS) is 15.9. The largest absolute Gasteiger partial charge is 0.454 e. The maximum atomic E-state index is 6.88. The van der Waals surface area contributed by atoms with E-state index in [4.69, 9.17) is 4.42 Å². The maximum absolute atomic E-state index is 6.88. The molecule has 13 rings (SSSR count). The van der Waals surface area contributed by atoms with Crippen molar-refractivity contribution in [2.24, 2.45) is 0 Å². The second kappa shape index (κ2) is 10.8. The molecule has 3 nitrogen and oxygen atoms in total. The number of thiophene rings is 1. The molecule has 0 saturated carbocycles. The molecule has 1 unspecified atom stereocenters. The van der Waals surface area contributed by atoms with Gasteiger partial charge in [0.25, 0.3) is 0 Å². The minimum absolute atomic E-state index is 0.115. The van der Waals surface area contributed by atoms with Crippen LogP contribution >= 0.6 is 11.3 Å². The third kappa shape index (κ3) is 3.82. The molecule has 8 aromatic carbocycles. The fraction of sp³-hybridized carbons (Fsp3) is 0.0769. The average molecular weight is 735 g/mol. The number of nitrogens with zero attached hydrogens (tertiary/aromatic N) is 2. The van der Waals surface area contributed by atoms with Crippen LogP contribution < -0.4 is 9.80 Å². The van der Waals surface area contributed by atoms with E-state index in [0.29, 0.717) is 0 Å². The van der Waals surface area contributed by atoms with Crippen molar-refractivity contribution >= 4 is 81.9 Å². The zero-order chi connectivity index (χ0) is 36.9. The topological polar surface area (TPSA) is 19.6 Å². The Labute approximate surface area is 328 Å². The van der Waals surface area contributed by atoms with Crippen LogP contribution in [-0.2, 0) is 5.41 Å². The van der Waals surface area contributed by atoms with Gasteiger partial charge in [-0.3, -0.25) is 0 Å². The van der Waals surface area contributed by atoms with Crippen LogP contribution in [0.2, 0.25) is 0 Å². The van der Waals surface area contributed by atoms with E-state index in [-0.39, 0.29) is 11.5 Å². The van der Waals surface area contributed by atoms with Crippen LogP contribution in [0, 0.1) is 0 Å². The van der Waals surface area contributed by atoms with Gasteiger partial charge in [0.1, 0.15) is 5.58 Å². The first-order chi connectivity index (χ1) is 27.6. The Bertz CT molecular complexity index is 3320. The van der Waals surface area contributed by atoms with E-state index in [0.717, 1.165) is 27.6 Å². The number of hydrogen-bond donors (Lipinski definition) is 0. The minimum atomic E-state index is -0.201. The van der Waals surface area contributed by atoms with Gasteiger partial charge < -0.3 is 14.2 Å². The highest BCUT2D eigenvalue weighted by Crippen LogP contribution is 2.66. The van der Waals surface area contributed by atoms with E-state index in [2.05, 4.69) is 187 Å². The Balaban J connectivity index is 1.23. The smallest absolute Gasteiger partial charge is 0.159 e. The molecule has 4 heteroatoms. The summed E-state index contributed by atoms with van der Waals surface area (Å²) >= 11 is 1.93. The molecular weight excluding hydrogens is 701 g/mol. The Kier molecular flexibility index (Phi) is 5.90. The number of benzene rings is 8. The summed E-state index contributed by atoms with van der Waals surface area (Å²) in [5, 5.41) is 4.89. The minimum Gasteiger partial charge on any atom is -0.454 e.